The third kappa shape index (κ3) is 1.90. The Bertz CT molecular complexity index is 538. The second-order valence-electron chi connectivity index (χ2n) is 4.71. The molecule has 16 heavy (non-hydrogen) atoms. The zero-order valence-corrected chi connectivity index (χ0v) is 10.4. The molecule has 0 amide bonds. The summed E-state index contributed by atoms with van der Waals surface area (Å²) in [7, 11) is 0. The van der Waals surface area contributed by atoms with Crippen molar-refractivity contribution in [3.8, 4) is 6.07 Å². The summed E-state index contributed by atoms with van der Waals surface area (Å²) in [4.78, 5) is 5.14. The van der Waals surface area contributed by atoms with Gasteiger partial charge in [-0.05, 0) is 29.0 Å². The lowest BCUT2D eigenvalue weighted by atomic mass is 9.86. The molecular formula is C13H12N2S. The van der Waals surface area contributed by atoms with E-state index in [0.717, 1.165) is 16.1 Å². The largest absolute Gasteiger partial charge is 0.204 e. The number of benzene rings is 1. The molecule has 0 unspecified atom stereocenters. The van der Waals surface area contributed by atoms with Crippen molar-refractivity contribution in [1.29, 1.82) is 5.26 Å². The van der Waals surface area contributed by atoms with Crippen LogP contribution in [0.4, 0.5) is 5.69 Å². The van der Waals surface area contributed by atoms with Gasteiger partial charge in [-0.1, -0.05) is 32.5 Å². The van der Waals surface area contributed by atoms with Crippen LogP contribution in [-0.4, -0.2) is 5.87 Å². The maximum Gasteiger partial charge on any atom is 0.100 e. The van der Waals surface area contributed by atoms with Gasteiger partial charge in [-0.15, -0.1) is 0 Å². The third-order valence-corrected chi connectivity index (χ3v) is 3.36. The van der Waals surface area contributed by atoms with Gasteiger partial charge < -0.3 is 0 Å². The van der Waals surface area contributed by atoms with Crippen LogP contribution < -0.4 is 0 Å². The van der Waals surface area contributed by atoms with Crippen molar-refractivity contribution in [3.05, 3.63) is 28.7 Å². The smallest absolute Gasteiger partial charge is 0.100 e. The summed E-state index contributed by atoms with van der Waals surface area (Å²) in [5.41, 5.74) is 2.73. The Morgan fingerprint density at radius 3 is 2.75 bits per heavy atom. The number of fused-ring (bicyclic) bond motifs is 1. The number of nitrogens with zero attached hydrogens (tertiary/aromatic N) is 2. The molecule has 0 saturated carbocycles. The highest BCUT2D eigenvalue weighted by Gasteiger charge is 2.19. The van der Waals surface area contributed by atoms with Gasteiger partial charge >= 0.3 is 0 Å². The van der Waals surface area contributed by atoms with E-state index in [4.69, 9.17) is 5.26 Å². The topological polar surface area (TPSA) is 36.1 Å². The molecule has 1 aromatic carbocycles. The molecule has 3 heteroatoms. The Labute approximate surface area is 99.7 Å². The summed E-state index contributed by atoms with van der Waals surface area (Å²) in [5, 5.41) is 10.9. The number of hydrogen-bond donors (Lipinski definition) is 0. The lowest BCUT2D eigenvalue weighted by Crippen LogP contribution is -2.11. The summed E-state index contributed by atoms with van der Waals surface area (Å²) < 4.78 is 0. The Balaban J connectivity index is 2.68. The zero-order valence-electron chi connectivity index (χ0n) is 9.53. The Hall–Kier alpha value is -1.49. The molecule has 0 bridgehead atoms. The van der Waals surface area contributed by atoms with Gasteiger partial charge in [-0.3, -0.25) is 0 Å². The average molecular weight is 228 g/mol. The van der Waals surface area contributed by atoms with E-state index in [9.17, 15) is 0 Å². The highest BCUT2D eigenvalue weighted by atomic mass is 32.2. The molecule has 2 rings (SSSR count). The molecule has 0 radical (unpaired) electrons. The SMILES string of the molecule is CC(C)(C)c1cc(C#N)c2c(c1)N=C=CS2. The maximum absolute atomic E-state index is 9.14. The van der Waals surface area contributed by atoms with Crippen molar-refractivity contribution in [2.24, 2.45) is 4.99 Å². The highest BCUT2D eigenvalue weighted by Crippen LogP contribution is 2.38. The Morgan fingerprint density at radius 2 is 2.12 bits per heavy atom. The molecule has 0 aliphatic carbocycles. The second-order valence-corrected chi connectivity index (χ2v) is 5.59. The third-order valence-electron chi connectivity index (χ3n) is 2.47. The normalized spacial score (nSPS) is 13.4. The van der Waals surface area contributed by atoms with Crippen LogP contribution in [0.2, 0.25) is 0 Å². The van der Waals surface area contributed by atoms with E-state index in [1.165, 1.54) is 11.8 Å². The fourth-order valence-electron chi connectivity index (χ4n) is 1.52. The van der Waals surface area contributed by atoms with E-state index in [0.29, 0.717) is 5.56 Å². The van der Waals surface area contributed by atoms with Crippen LogP contribution >= 0.6 is 11.8 Å². The number of rotatable bonds is 0. The fraction of sp³-hybridized carbons (Fsp3) is 0.308. The molecule has 0 fully saturated rings. The molecule has 0 spiro atoms. The molecule has 1 aromatic rings. The van der Waals surface area contributed by atoms with Gasteiger partial charge in [0.2, 0.25) is 0 Å². The van der Waals surface area contributed by atoms with Crippen molar-refractivity contribution in [1.82, 2.24) is 0 Å². The summed E-state index contributed by atoms with van der Waals surface area (Å²) >= 11 is 1.51. The summed E-state index contributed by atoms with van der Waals surface area (Å²) in [6, 6.07) is 6.24. The number of aliphatic imine (C=N–C) groups is 1. The monoisotopic (exact) mass is 228 g/mol. The van der Waals surface area contributed by atoms with Gasteiger partial charge in [-0.25, -0.2) is 4.99 Å². The van der Waals surface area contributed by atoms with Crippen LogP contribution in [0.15, 0.2) is 27.4 Å². The first-order chi connectivity index (χ1) is 7.52. The van der Waals surface area contributed by atoms with E-state index >= 15 is 0 Å². The number of thioether (sulfide) groups is 1. The van der Waals surface area contributed by atoms with Crippen molar-refractivity contribution < 1.29 is 0 Å². The number of hydrogen-bond acceptors (Lipinski definition) is 3. The molecule has 1 aliphatic heterocycles. The van der Waals surface area contributed by atoms with Gasteiger partial charge in [0.25, 0.3) is 0 Å². The van der Waals surface area contributed by atoms with Crippen LogP contribution in [0.25, 0.3) is 0 Å². The molecule has 1 heterocycles. The zero-order chi connectivity index (χ0) is 11.8. The molecule has 2 nitrogen and oxygen atoms in total. The summed E-state index contributed by atoms with van der Waals surface area (Å²) in [5.74, 6) is 2.82. The van der Waals surface area contributed by atoms with Crippen molar-refractivity contribution in [3.63, 3.8) is 0 Å². The van der Waals surface area contributed by atoms with Crippen LogP contribution in [0.1, 0.15) is 31.9 Å². The highest BCUT2D eigenvalue weighted by molar-refractivity contribution is 8.02. The second kappa shape index (κ2) is 3.83. The Kier molecular flexibility index (Phi) is 2.63. The van der Waals surface area contributed by atoms with Crippen molar-refractivity contribution >= 4 is 23.3 Å². The van der Waals surface area contributed by atoms with E-state index in [-0.39, 0.29) is 5.41 Å². The van der Waals surface area contributed by atoms with Crippen LogP contribution in [0.3, 0.4) is 0 Å². The first-order valence-electron chi connectivity index (χ1n) is 5.05. The molecular weight excluding hydrogens is 216 g/mol. The van der Waals surface area contributed by atoms with Crippen LogP contribution in [0.5, 0.6) is 0 Å². The van der Waals surface area contributed by atoms with Crippen molar-refractivity contribution in [2.45, 2.75) is 31.1 Å². The molecule has 0 atom stereocenters. The molecule has 1 aliphatic rings. The molecule has 80 valence electrons. The standard InChI is InChI=1S/C13H12N2S/c1-13(2,3)10-6-9(8-14)12-11(7-10)15-4-5-16-12/h5-7H,1-3H3. The first kappa shape index (κ1) is 11.0. The van der Waals surface area contributed by atoms with Crippen molar-refractivity contribution in [2.75, 3.05) is 0 Å². The lowest BCUT2D eigenvalue weighted by molar-refractivity contribution is 0.589. The minimum absolute atomic E-state index is 0.0297. The fourth-order valence-corrected chi connectivity index (χ4v) is 2.20. The predicted octanol–water partition coefficient (Wildman–Crippen LogP) is 3.78. The van der Waals surface area contributed by atoms with Gasteiger partial charge in [-0.2, -0.15) is 5.26 Å². The molecule has 0 N–H and O–H groups in total. The van der Waals surface area contributed by atoms with E-state index in [1.807, 2.05) is 12.1 Å². The maximum atomic E-state index is 9.14. The van der Waals surface area contributed by atoms with Gasteiger partial charge in [0.1, 0.15) is 6.07 Å². The molecule has 0 saturated heterocycles. The van der Waals surface area contributed by atoms with E-state index < -0.39 is 0 Å². The lowest BCUT2D eigenvalue weighted by Gasteiger charge is -2.21. The summed E-state index contributed by atoms with van der Waals surface area (Å²) in [6.07, 6.45) is 0. The summed E-state index contributed by atoms with van der Waals surface area (Å²) in [6.45, 7) is 6.39. The predicted molar refractivity (Wildman–Crippen MR) is 67.4 cm³/mol. The van der Waals surface area contributed by atoms with Gasteiger partial charge in [0.15, 0.2) is 0 Å². The quantitative estimate of drug-likeness (QED) is 0.677. The van der Waals surface area contributed by atoms with E-state index in [2.05, 4.69) is 37.7 Å². The molecule has 0 aromatic heterocycles. The van der Waals surface area contributed by atoms with Crippen LogP contribution in [-0.2, 0) is 5.41 Å². The van der Waals surface area contributed by atoms with E-state index in [1.54, 1.807) is 5.41 Å². The van der Waals surface area contributed by atoms with Gasteiger partial charge in [0, 0.05) is 5.41 Å². The number of nitriles is 1. The average Bonchev–Trinajstić information content (AvgIpc) is 2.26. The van der Waals surface area contributed by atoms with Gasteiger partial charge in [0.05, 0.1) is 16.1 Å². The Morgan fingerprint density at radius 1 is 1.38 bits per heavy atom. The first-order valence-corrected chi connectivity index (χ1v) is 5.93. The minimum Gasteiger partial charge on any atom is -0.204 e. The van der Waals surface area contributed by atoms with Crippen LogP contribution in [0, 0.1) is 11.3 Å². The minimum atomic E-state index is 0.0297.